The van der Waals surface area contributed by atoms with E-state index in [1.807, 2.05) is 13.0 Å². The molecule has 0 heterocycles. The van der Waals surface area contributed by atoms with Crippen molar-refractivity contribution in [3.05, 3.63) is 28.8 Å². The minimum atomic E-state index is 0.0484. The predicted octanol–water partition coefficient (Wildman–Crippen LogP) is 2.30. The molecule has 82 valence electrons. The van der Waals surface area contributed by atoms with E-state index in [9.17, 15) is 5.11 Å². The molecule has 1 fully saturated rings. The van der Waals surface area contributed by atoms with Gasteiger partial charge in [-0.2, -0.15) is 0 Å². The molecule has 1 saturated carbocycles. The number of phenolic OH excluding ortho intramolecular Hbond substituents is 1. The van der Waals surface area contributed by atoms with Crippen molar-refractivity contribution in [2.24, 2.45) is 5.73 Å². The molecule has 0 spiro atoms. The Morgan fingerprint density at radius 2 is 2.00 bits per heavy atom. The van der Waals surface area contributed by atoms with Crippen molar-refractivity contribution in [2.45, 2.75) is 45.1 Å². The number of hydrogen-bond acceptors (Lipinski definition) is 2. The standard InChI is InChI=1S/C13H19NO/c1-3-10-7-11(8-13(14)4-5-13)9(2)6-12(10)15/h6-7,15H,3-5,8,14H2,1-2H3. The van der Waals surface area contributed by atoms with E-state index in [4.69, 9.17) is 5.73 Å². The predicted molar refractivity (Wildman–Crippen MR) is 62.1 cm³/mol. The first-order chi connectivity index (χ1) is 7.04. The number of phenols is 1. The molecule has 0 aromatic heterocycles. The molecule has 2 rings (SSSR count). The Balaban J connectivity index is 2.29. The van der Waals surface area contributed by atoms with Crippen LogP contribution in [0.4, 0.5) is 0 Å². The van der Waals surface area contributed by atoms with E-state index in [0.717, 1.165) is 36.8 Å². The molecular formula is C13H19NO. The van der Waals surface area contributed by atoms with Crippen molar-refractivity contribution in [3.63, 3.8) is 0 Å². The fourth-order valence-electron chi connectivity index (χ4n) is 1.98. The van der Waals surface area contributed by atoms with Crippen LogP contribution in [0.1, 0.15) is 36.5 Å². The van der Waals surface area contributed by atoms with Gasteiger partial charge >= 0.3 is 0 Å². The second-order valence-corrected chi connectivity index (χ2v) is 4.80. The van der Waals surface area contributed by atoms with Crippen molar-refractivity contribution in [1.82, 2.24) is 0 Å². The smallest absolute Gasteiger partial charge is 0.119 e. The molecule has 0 bridgehead atoms. The summed E-state index contributed by atoms with van der Waals surface area (Å²) in [6, 6.07) is 3.97. The van der Waals surface area contributed by atoms with Gasteiger partial charge in [0.15, 0.2) is 0 Å². The maximum absolute atomic E-state index is 9.70. The lowest BCUT2D eigenvalue weighted by Crippen LogP contribution is -2.24. The first-order valence-electron chi connectivity index (χ1n) is 5.64. The van der Waals surface area contributed by atoms with Crippen LogP contribution in [0, 0.1) is 6.92 Å². The zero-order valence-corrected chi connectivity index (χ0v) is 9.51. The summed E-state index contributed by atoms with van der Waals surface area (Å²) in [6.07, 6.45) is 4.09. The van der Waals surface area contributed by atoms with E-state index in [0.29, 0.717) is 5.75 Å². The largest absolute Gasteiger partial charge is 0.508 e. The second kappa shape index (κ2) is 3.53. The number of rotatable bonds is 3. The summed E-state index contributed by atoms with van der Waals surface area (Å²) >= 11 is 0. The fraction of sp³-hybridized carbons (Fsp3) is 0.538. The Hall–Kier alpha value is -1.02. The maximum Gasteiger partial charge on any atom is 0.119 e. The Bertz CT molecular complexity index is 380. The number of hydrogen-bond donors (Lipinski definition) is 2. The molecule has 0 saturated heterocycles. The molecule has 0 aliphatic heterocycles. The summed E-state index contributed by atoms with van der Waals surface area (Å²) in [5, 5.41) is 9.70. The molecular weight excluding hydrogens is 186 g/mol. The van der Waals surface area contributed by atoms with Crippen LogP contribution in [-0.2, 0) is 12.8 Å². The van der Waals surface area contributed by atoms with Crippen LogP contribution in [0.5, 0.6) is 5.75 Å². The van der Waals surface area contributed by atoms with Crippen LogP contribution in [0.15, 0.2) is 12.1 Å². The molecule has 0 atom stereocenters. The quantitative estimate of drug-likeness (QED) is 0.795. The Kier molecular flexibility index (Phi) is 2.47. The second-order valence-electron chi connectivity index (χ2n) is 4.80. The van der Waals surface area contributed by atoms with E-state index in [1.54, 1.807) is 0 Å². The van der Waals surface area contributed by atoms with Crippen molar-refractivity contribution in [1.29, 1.82) is 0 Å². The van der Waals surface area contributed by atoms with Crippen LogP contribution >= 0.6 is 0 Å². The van der Waals surface area contributed by atoms with E-state index < -0.39 is 0 Å². The normalized spacial score (nSPS) is 17.8. The highest BCUT2D eigenvalue weighted by molar-refractivity contribution is 5.42. The molecule has 0 radical (unpaired) electrons. The molecule has 1 aliphatic carbocycles. The molecule has 15 heavy (non-hydrogen) atoms. The summed E-state index contributed by atoms with van der Waals surface area (Å²) in [4.78, 5) is 0. The lowest BCUT2D eigenvalue weighted by Gasteiger charge is -2.13. The zero-order valence-electron chi connectivity index (χ0n) is 9.51. The third-order valence-electron chi connectivity index (χ3n) is 3.35. The van der Waals surface area contributed by atoms with E-state index in [-0.39, 0.29) is 5.54 Å². The van der Waals surface area contributed by atoms with Crippen molar-refractivity contribution < 1.29 is 5.11 Å². The van der Waals surface area contributed by atoms with Gasteiger partial charge in [0.05, 0.1) is 0 Å². The maximum atomic E-state index is 9.70. The highest BCUT2D eigenvalue weighted by Crippen LogP contribution is 2.37. The average Bonchev–Trinajstić information content (AvgIpc) is 2.89. The summed E-state index contributed by atoms with van der Waals surface area (Å²) in [5.74, 6) is 0.417. The zero-order chi connectivity index (χ0) is 11.1. The lowest BCUT2D eigenvalue weighted by molar-refractivity contribution is 0.467. The van der Waals surface area contributed by atoms with Crippen molar-refractivity contribution >= 4 is 0 Å². The Labute approximate surface area is 91.1 Å². The van der Waals surface area contributed by atoms with Crippen LogP contribution in [0.3, 0.4) is 0 Å². The van der Waals surface area contributed by atoms with E-state index in [1.165, 1.54) is 5.56 Å². The number of nitrogens with two attached hydrogens (primary N) is 1. The first kappa shape index (κ1) is 10.5. The molecule has 1 aliphatic rings. The summed E-state index contributed by atoms with van der Waals surface area (Å²) in [7, 11) is 0. The first-order valence-corrected chi connectivity index (χ1v) is 5.64. The van der Waals surface area contributed by atoms with Gasteiger partial charge < -0.3 is 10.8 Å². The highest BCUT2D eigenvalue weighted by atomic mass is 16.3. The number of benzene rings is 1. The van der Waals surface area contributed by atoms with Gasteiger partial charge in [0.25, 0.3) is 0 Å². The van der Waals surface area contributed by atoms with Crippen LogP contribution < -0.4 is 5.73 Å². The fourth-order valence-corrected chi connectivity index (χ4v) is 1.98. The minimum absolute atomic E-state index is 0.0484. The summed E-state index contributed by atoms with van der Waals surface area (Å²) in [5.41, 5.74) is 9.64. The third kappa shape index (κ3) is 2.15. The van der Waals surface area contributed by atoms with Gasteiger partial charge in [-0.15, -0.1) is 0 Å². The van der Waals surface area contributed by atoms with Gasteiger partial charge in [-0.25, -0.2) is 0 Å². The molecule has 2 nitrogen and oxygen atoms in total. The molecule has 3 N–H and O–H groups in total. The van der Waals surface area contributed by atoms with Crippen molar-refractivity contribution in [3.8, 4) is 5.75 Å². The van der Waals surface area contributed by atoms with E-state index >= 15 is 0 Å². The number of aromatic hydroxyl groups is 1. The van der Waals surface area contributed by atoms with Gasteiger partial charge in [0, 0.05) is 5.54 Å². The Morgan fingerprint density at radius 3 is 2.53 bits per heavy atom. The highest BCUT2D eigenvalue weighted by Gasteiger charge is 2.38. The van der Waals surface area contributed by atoms with Crippen molar-refractivity contribution in [2.75, 3.05) is 0 Å². The van der Waals surface area contributed by atoms with Gasteiger partial charge in [0.2, 0.25) is 0 Å². The average molecular weight is 205 g/mol. The lowest BCUT2D eigenvalue weighted by atomic mass is 9.96. The number of aryl methyl sites for hydroxylation is 2. The molecule has 2 heteroatoms. The SMILES string of the molecule is CCc1cc(CC2(N)CC2)c(C)cc1O. The van der Waals surface area contributed by atoms with Crippen LogP contribution in [-0.4, -0.2) is 10.6 Å². The van der Waals surface area contributed by atoms with Gasteiger partial charge in [-0.05, 0) is 55.4 Å². The topological polar surface area (TPSA) is 46.2 Å². The summed E-state index contributed by atoms with van der Waals surface area (Å²) in [6.45, 7) is 4.10. The van der Waals surface area contributed by atoms with Gasteiger partial charge in [0.1, 0.15) is 5.75 Å². The van der Waals surface area contributed by atoms with Gasteiger partial charge in [-0.1, -0.05) is 13.0 Å². The van der Waals surface area contributed by atoms with Gasteiger partial charge in [-0.3, -0.25) is 0 Å². The molecule has 0 unspecified atom stereocenters. The minimum Gasteiger partial charge on any atom is -0.508 e. The van der Waals surface area contributed by atoms with Crippen LogP contribution in [0.25, 0.3) is 0 Å². The monoisotopic (exact) mass is 205 g/mol. The van der Waals surface area contributed by atoms with E-state index in [2.05, 4.69) is 13.0 Å². The third-order valence-corrected chi connectivity index (χ3v) is 3.35. The van der Waals surface area contributed by atoms with Crippen LogP contribution in [0.2, 0.25) is 0 Å². The molecule has 1 aromatic rings. The molecule has 0 amide bonds. The summed E-state index contributed by atoms with van der Waals surface area (Å²) < 4.78 is 0. The molecule has 1 aromatic carbocycles. The Morgan fingerprint density at radius 1 is 1.33 bits per heavy atom.